The molecule has 2 aromatic heterocycles. The van der Waals surface area contributed by atoms with Gasteiger partial charge in [0, 0.05) is 63.3 Å². The fourth-order valence-electron chi connectivity index (χ4n) is 6.16. The van der Waals surface area contributed by atoms with Crippen LogP contribution in [0.25, 0.3) is 10.4 Å². The Hall–Kier alpha value is -2.47. The Morgan fingerprint density at radius 2 is 1.95 bits per heavy atom. The average molecular weight is 608 g/mol. The Balaban J connectivity index is 1.52. The molecule has 8 nitrogen and oxygen atoms in total. The second-order valence-electron chi connectivity index (χ2n) is 11.9. The highest BCUT2D eigenvalue weighted by Gasteiger charge is 2.38. The number of likely N-dealkylation sites (tertiary alicyclic amines) is 1. The number of hydrogen-bond acceptors (Lipinski definition) is 7. The van der Waals surface area contributed by atoms with Crippen LogP contribution in [0.3, 0.4) is 0 Å². The summed E-state index contributed by atoms with van der Waals surface area (Å²) in [5.74, 6) is 0.623. The van der Waals surface area contributed by atoms with E-state index in [1.807, 2.05) is 18.7 Å². The van der Waals surface area contributed by atoms with E-state index in [4.69, 9.17) is 0 Å². The maximum atomic E-state index is 14.5. The van der Waals surface area contributed by atoms with Crippen molar-refractivity contribution in [3.63, 3.8) is 0 Å². The molecule has 2 aromatic rings. The number of aromatic nitrogens is 2. The van der Waals surface area contributed by atoms with E-state index in [1.54, 1.807) is 0 Å². The fourth-order valence-corrected chi connectivity index (χ4v) is 8.45. The van der Waals surface area contributed by atoms with Crippen LogP contribution in [0.5, 0.6) is 0 Å². The molecule has 2 atom stereocenters. The molecule has 2 aliphatic heterocycles. The number of alkyl halides is 2. The van der Waals surface area contributed by atoms with E-state index in [9.17, 15) is 22.6 Å². The van der Waals surface area contributed by atoms with E-state index in [0.29, 0.717) is 30.2 Å². The van der Waals surface area contributed by atoms with Crippen LogP contribution in [0.15, 0.2) is 12.3 Å². The first-order valence-corrected chi connectivity index (χ1v) is 16.9. The highest BCUT2D eigenvalue weighted by molar-refractivity contribution is 7.85. The summed E-state index contributed by atoms with van der Waals surface area (Å²) < 4.78 is 40.8. The minimum Gasteiger partial charge on any atom is -0.365 e. The predicted octanol–water partition coefficient (Wildman–Crippen LogP) is 5.93. The molecule has 0 radical (unpaired) electrons. The molecule has 2 N–H and O–H groups in total. The molecule has 224 valence electrons. The molecule has 2 saturated heterocycles. The third kappa shape index (κ3) is 6.48. The molecule has 2 amide bonds. The predicted molar refractivity (Wildman–Crippen MR) is 158 cm³/mol. The summed E-state index contributed by atoms with van der Waals surface area (Å²) in [6.07, 6.45) is 6.21. The van der Waals surface area contributed by atoms with Crippen LogP contribution >= 0.6 is 11.3 Å². The van der Waals surface area contributed by atoms with Gasteiger partial charge in [0.15, 0.2) is 5.01 Å². The lowest BCUT2D eigenvalue weighted by atomic mass is 9.78. The van der Waals surface area contributed by atoms with Crippen LogP contribution in [0, 0.1) is 0 Å². The van der Waals surface area contributed by atoms with E-state index < -0.39 is 23.1 Å². The molecular formula is C29H39F2N5O3S2. The first-order chi connectivity index (χ1) is 19.6. The van der Waals surface area contributed by atoms with Crippen molar-refractivity contribution in [3.8, 4) is 10.4 Å². The van der Waals surface area contributed by atoms with E-state index in [0.717, 1.165) is 56.3 Å². The quantitative estimate of drug-likeness (QED) is 0.366. The normalized spacial score (nSPS) is 25.7. The number of nitrogens with one attached hydrogen (secondary N) is 2. The number of carbonyl (C=O) groups excluding carboxylic acids is 2. The zero-order valence-corrected chi connectivity index (χ0v) is 25.5. The van der Waals surface area contributed by atoms with Gasteiger partial charge < -0.3 is 15.5 Å². The molecule has 1 aliphatic carbocycles. The minimum absolute atomic E-state index is 0.0172. The van der Waals surface area contributed by atoms with Crippen LogP contribution in [-0.2, 0) is 10.8 Å². The number of nitrogens with zero attached hydrogens (tertiary/aromatic N) is 3. The van der Waals surface area contributed by atoms with Crippen molar-refractivity contribution in [1.29, 1.82) is 0 Å². The van der Waals surface area contributed by atoms with Crippen molar-refractivity contribution >= 4 is 39.8 Å². The van der Waals surface area contributed by atoms with E-state index in [2.05, 4.69) is 27.5 Å². The van der Waals surface area contributed by atoms with Gasteiger partial charge in [0.25, 0.3) is 18.2 Å². The summed E-state index contributed by atoms with van der Waals surface area (Å²) >= 11 is 0.955. The molecule has 0 bridgehead atoms. The fraction of sp³-hybridized carbons (Fsp3) is 0.655. The minimum atomic E-state index is -2.81. The summed E-state index contributed by atoms with van der Waals surface area (Å²) in [4.78, 5) is 38.4. The van der Waals surface area contributed by atoms with Crippen molar-refractivity contribution in [3.05, 3.63) is 28.5 Å². The lowest BCUT2D eigenvalue weighted by Crippen LogP contribution is -2.41. The van der Waals surface area contributed by atoms with Crippen molar-refractivity contribution in [2.45, 2.75) is 109 Å². The Labute approximate surface area is 246 Å². The van der Waals surface area contributed by atoms with Gasteiger partial charge in [0.1, 0.15) is 11.5 Å². The molecule has 3 fully saturated rings. The maximum absolute atomic E-state index is 14.5. The lowest BCUT2D eigenvalue weighted by Gasteiger charge is -2.39. The average Bonchev–Trinajstić information content (AvgIpc) is 3.53. The smallest absolute Gasteiger partial charge is 0.280 e. The van der Waals surface area contributed by atoms with E-state index >= 15 is 0 Å². The molecule has 1 saturated carbocycles. The molecular weight excluding hydrogens is 568 g/mol. The topological polar surface area (TPSA) is 104 Å². The van der Waals surface area contributed by atoms with Crippen molar-refractivity contribution in [1.82, 2.24) is 20.2 Å². The Bertz CT molecular complexity index is 1300. The molecule has 12 heteroatoms. The number of rotatable bonds is 9. The molecule has 5 rings (SSSR count). The van der Waals surface area contributed by atoms with Crippen molar-refractivity contribution in [2.24, 2.45) is 0 Å². The second-order valence-corrected chi connectivity index (χ2v) is 14.6. The summed E-state index contributed by atoms with van der Waals surface area (Å²) in [6.45, 7) is 6.12. The van der Waals surface area contributed by atoms with Gasteiger partial charge in [-0.1, -0.05) is 13.3 Å². The maximum Gasteiger partial charge on any atom is 0.280 e. The highest BCUT2D eigenvalue weighted by Crippen LogP contribution is 2.41. The number of hydrogen-bond donors (Lipinski definition) is 2. The third-order valence-corrected chi connectivity index (χ3v) is 11.2. The van der Waals surface area contributed by atoms with Gasteiger partial charge in [0.05, 0.1) is 4.88 Å². The Kier molecular flexibility index (Phi) is 9.08. The number of carbonyl (C=O) groups is 2. The van der Waals surface area contributed by atoms with Gasteiger partial charge >= 0.3 is 0 Å². The summed E-state index contributed by atoms with van der Waals surface area (Å²) in [6, 6.07) is 1.24. The summed E-state index contributed by atoms with van der Waals surface area (Å²) in [5.41, 5.74) is -0.271. The molecule has 0 spiro atoms. The van der Waals surface area contributed by atoms with Crippen LogP contribution in [-0.4, -0.2) is 66.1 Å². The number of anilines is 1. The molecule has 2 unspecified atom stereocenters. The molecule has 41 heavy (non-hydrogen) atoms. The van der Waals surface area contributed by atoms with Crippen molar-refractivity contribution in [2.75, 3.05) is 16.8 Å². The Morgan fingerprint density at radius 3 is 2.59 bits per heavy atom. The number of halogens is 2. The molecule has 4 heterocycles. The highest BCUT2D eigenvalue weighted by atomic mass is 32.2. The van der Waals surface area contributed by atoms with Gasteiger partial charge in [0.2, 0.25) is 0 Å². The molecule has 0 aromatic carbocycles. The third-order valence-electron chi connectivity index (χ3n) is 8.69. The second kappa shape index (κ2) is 12.4. The van der Waals surface area contributed by atoms with Gasteiger partial charge in [-0.2, -0.15) is 0 Å². The summed E-state index contributed by atoms with van der Waals surface area (Å²) in [5, 5.41) is 6.30. The molecule has 3 aliphatic rings. The van der Waals surface area contributed by atoms with Gasteiger partial charge in [-0.05, 0) is 71.3 Å². The van der Waals surface area contributed by atoms with E-state index in [1.165, 1.54) is 12.3 Å². The lowest BCUT2D eigenvalue weighted by molar-refractivity contribution is 0.0667. The zero-order valence-electron chi connectivity index (χ0n) is 23.9. The first kappa shape index (κ1) is 30.0. The first-order valence-electron chi connectivity index (χ1n) is 14.6. The van der Waals surface area contributed by atoms with Crippen LogP contribution < -0.4 is 10.6 Å². The zero-order chi connectivity index (χ0) is 29.3. The number of amides is 2. The van der Waals surface area contributed by atoms with Gasteiger partial charge in [-0.25, -0.2) is 18.7 Å². The summed E-state index contributed by atoms with van der Waals surface area (Å²) in [7, 11) is -0.872. The van der Waals surface area contributed by atoms with Gasteiger partial charge in [-0.15, -0.1) is 11.3 Å². The number of pyridine rings is 1. The van der Waals surface area contributed by atoms with Gasteiger partial charge in [-0.3, -0.25) is 13.8 Å². The van der Waals surface area contributed by atoms with E-state index in [-0.39, 0.29) is 56.3 Å². The largest absolute Gasteiger partial charge is 0.365 e. The monoisotopic (exact) mass is 607 g/mol. The Morgan fingerprint density at radius 1 is 1.22 bits per heavy atom. The standard InChI is InChI=1S/C29H39F2N5O3S2/c1-4-6-19-8-7-17(2)36(19)28(38)23-24(40-27(34-23)26(37)33-18-9-13-41(39)14-10-18)21-16-32-22(15-20(21)25(30)31)35-29(3)11-5-12-29/h15-19,25H,4-14H2,1-3H3,(H,32,35)(H,33,37). The van der Waals surface area contributed by atoms with Crippen LogP contribution in [0.4, 0.5) is 14.6 Å². The van der Waals surface area contributed by atoms with Crippen LogP contribution in [0.2, 0.25) is 0 Å². The van der Waals surface area contributed by atoms with Crippen LogP contribution in [0.1, 0.15) is 111 Å². The van der Waals surface area contributed by atoms with Crippen molar-refractivity contribution < 1.29 is 22.6 Å². The number of thiazole rings is 1. The SMILES string of the molecule is CCCC1CCC(C)N1C(=O)c1nc(C(=O)NC2CCS(=O)CC2)sc1-c1cnc(NC2(C)CCC2)cc1C(F)F.